The van der Waals surface area contributed by atoms with E-state index in [1.165, 1.54) is 90.1 Å². The number of hydrogen-bond acceptors (Lipinski definition) is 3. The van der Waals surface area contributed by atoms with E-state index in [0.717, 1.165) is 11.4 Å². The van der Waals surface area contributed by atoms with Gasteiger partial charge in [-0.15, -0.1) is 22.7 Å². The van der Waals surface area contributed by atoms with E-state index in [1.54, 1.807) is 0 Å². The van der Waals surface area contributed by atoms with Gasteiger partial charge in [-0.1, -0.05) is 152 Å². The highest BCUT2D eigenvalue weighted by atomic mass is 32.1. The van der Waals surface area contributed by atoms with E-state index in [1.807, 2.05) is 22.7 Å². The lowest BCUT2D eigenvalue weighted by atomic mass is 9.96. The normalized spacial score (nSPS) is 11.6. The van der Waals surface area contributed by atoms with E-state index in [9.17, 15) is 0 Å². The van der Waals surface area contributed by atoms with Crippen molar-refractivity contribution in [3.63, 3.8) is 0 Å². The Morgan fingerprint density at radius 1 is 0.357 bits per heavy atom. The van der Waals surface area contributed by atoms with Gasteiger partial charge in [0.25, 0.3) is 0 Å². The molecule has 9 aromatic carbocycles. The Labute approximate surface area is 334 Å². The molecule has 2 heterocycles. The van der Waals surface area contributed by atoms with E-state index in [2.05, 4.69) is 205 Å². The molecule has 2 aromatic heterocycles. The molecule has 0 saturated carbocycles. The number of anilines is 2. The minimum atomic E-state index is 0.702. The maximum absolute atomic E-state index is 2.50. The molecule has 0 unspecified atom stereocenters. The third-order valence-corrected chi connectivity index (χ3v) is 13.5. The molecule has 11 aromatic rings. The number of fused-ring (bicyclic) bond motifs is 7. The molecule has 0 N–H and O–H groups in total. The topological polar surface area (TPSA) is 3.24 Å². The van der Waals surface area contributed by atoms with Crippen LogP contribution in [0.1, 0.15) is 5.56 Å². The second-order valence-corrected chi connectivity index (χ2v) is 16.6. The molecule has 0 saturated heterocycles. The molecule has 1 nitrogen and oxygen atoms in total. The zero-order valence-electron chi connectivity index (χ0n) is 30.5. The molecule has 0 aliphatic carbocycles. The van der Waals surface area contributed by atoms with Crippen LogP contribution in [0.5, 0.6) is 0 Å². The van der Waals surface area contributed by atoms with Gasteiger partial charge >= 0.3 is 0 Å². The maximum Gasteiger partial charge on any atom is 0.0487 e. The van der Waals surface area contributed by atoms with Gasteiger partial charge in [-0.2, -0.15) is 0 Å². The van der Waals surface area contributed by atoms with Crippen molar-refractivity contribution in [1.29, 1.82) is 0 Å². The first-order valence-corrected chi connectivity index (χ1v) is 20.7. The Bertz CT molecular complexity index is 3260. The average Bonchev–Trinajstić information content (AvgIpc) is 3.84. The van der Waals surface area contributed by atoms with Crippen LogP contribution in [-0.4, -0.2) is 0 Å². The first-order chi connectivity index (χ1) is 27.7. The summed E-state index contributed by atoms with van der Waals surface area (Å²) in [4.78, 5) is 2.50. The summed E-state index contributed by atoms with van der Waals surface area (Å²) >= 11 is 3.76. The summed E-state index contributed by atoms with van der Waals surface area (Å²) in [5.41, 5.74) is 11.1. The minimum Gasteiger partial charge on any atom is -0.337 e. The Morgan fingerprint density at radius 3 is 1.82 bits per heavy atom. The fourth-order valence-corrected chi connectivity index (χ4v) is 10.8. The van der Waals surface area contributed by atoms with Crippen LogP contribution in [0, 0.1) is 0 Å². The van der Waals surface area contributed by atoms with Crippen LogP contribution >= 0.6 is 22.7 Å². The molecule has 0 spiro atoms. The molecule has 264 valence electrons. The molecule has 0 aliphatic heterocycles. The van der Waals surface area contributed by atoms with Gasteiger partial charge in [0.15, 0.2) is 0 Å². The molecule has 0 atom stereocenters. The minimum absolute atomic E-state index is 0.702. The van der Waals surface area contributed by atoms with E-state index in [0.29, 0.717) is 6.54 Å². The SMILES string of the molecule is c1cc(-c2ccc3ccccc3c2)cc(N(Cc2ccccc2-c2cccc3c2sc2ccccc23)c2cccc(-c3cccc4sc5ccccc5c34)c2)c1. The van der Waals surface area contributed by atoms with Crippen LogP contribution in [0.3, 0.4) is 0 Å². The van der Waals surface area contributed by atoms with Gasteiger partial charge in [-0.3, -0.25) is 0 Å². The quantitative estimate of drug-likeness (QED) is 0.157. The highest BCUT2D eigenvalue weighted by Crippen LogP contribution is 2.44. The summed E-state index contributed by atoms with van der Waals surface area (Å²) in [5.74, 6) is 0. The number of benzene rings is 9. The molecule has 0 aliphatic rings. The van der Waals surface area contributed by atoms with Crippen LogP contribution in [0.15, 0.2) is 200 Å². The van der Waals surface area contributed by atoms with Crippen molar-refractivity contribution in [1.82, 2.24) is 0 Å². The summed E-state index contributed by atoms with van der Waals surface area (Å²) in [6.07, 6.45) is 0. The second-order valence-electron chi connectivity index (χ2n) is 14.5. The van der Waals surface area contributed by atoms with E-state index < -0.39 is 0 Å². The Balaban J connectivity index is 1.08. The molecular formula is C53H35NS2. The number of rotatable bonds is 7. The predicted octanol–water partition coefficient (Wildman–Crippen LogP) is 15.9. The van der Waals surface area contributed by atoms with Crippen molar-refractivity contribution in [3.8, 4) is 33.4 Å². The summed E-state index contributed by atoms with van der Waals surface area (Å²) < 4.78 is 5.30. The number of nitrogens with zero attached hydrogens (tertiary/aromatic N) is 1. The zero-order valence-corrected chi connectivity index (χ0v) is 32.2. The first-order valence-electron chi connectivity index (χ1n) is 19.1. The smallest absolute Gasteiger partial charge is 0.0487 e. The summed E-state index contributed by atoms with van der Waals surface area (Å²) in [5, 5.41) is 7.79. The standard InChI is InChI=1S/C53H35NS2/c1-2-14-36-31-38(30-29-35(36)13-1)37-16-9-18-41(32-37)54(42-19-10-17-39(33-42)44-23-12-28-51-52(44)48-22-6-8-27-50(48)55-51)34-40-15-3-4-20-43(40)46-24-11-25-47-45-21-5-7-26-49(45)56-53(46)47/h1-33H,34H2. The Hall–Kier alpha value is -6.52. The van der Waals surface area contributed by atoms with Gasteiger partial charge in [0.1, 0.15) is 0 Å². The second kappa shape index (κ2) is 13.6. The van der Waals surface area contributed by atoms with Gasteiger partial charge in [-0.25, -0.2) is 0 Å². The van der Waals surface area contributed by atoms with Crippen molar-refractivity contribution in [2.45, 2.75) is 6.54 Å². The molecule has 0 bridgehead atoms. The number of hydrogen-bond donors (Lipinski definition) is 0. The van der Waals surface area contributed by atoms with Crippen LogP contribution in [0.25, 0.3) is 84.5 Å². The highest BCUT2D eigenvalue weighted by Gasteiger charge is 2.19. The molecule has 0 radical (unpaired) electrons. The molecule has 56 heavy (non-hydrogen) atoms. The van der Waals surface area contributed by atoms with E-state index in [4.69, 9.17) is 0 Å². The van der Waals surface area contributed by atoms with Crippen molar-refractivity contribution >= 4 is 85.2 Å². The Morgan fingerprint density at radius 2 is 0.946 bits per heavy atom. The lowest BCUT2D eigenvalue weighted by Gasteiger charge is -2.28. The van der Waals surface area contributed by atoms with Crippen LogP contribution in [-0.2, 0) is 6.54 Å². The molecule has 0 amide bonds. The summed E-state index contributed by atoms with van der Waals surface area (Å²) in [6.45, 7) is 0.702. The van der Waals surface area contributed by atoms with Gasteiger partial charge in [0.2, 0.25) is 0 Å². The average molecular weight is 750 g/mol. The molecule has 11 rings (SSSR count). The largest absolute Gasteiger partial charge is 0.337 e. The lowest BCUT2D eigenvalue weighted by Crippen LogP contribution is -2.17. The third-order valence-electron chi connectivity index (χ3n) is 11.2. The van der Waals surface area contributed by atoms with Crippen LogP contribution < -0.4 is 4.90 Å². The predicted molar refractivity (Wildman–Crippen MR) is 245 cm³/mol. The lowest BCUT2D eigenvalue weighted by molar-refractivity contribution is 0.978. The van der Waals surface area contributed by atoms with Crippen LogP contribution in [0.4, 0.5) is 11.4 Å². The van der Waals surface area contributed by atoms with E-state index in [-0.39, 0.29) is 0 Å². The van der Waals surface area contributed by atoms with Crippen molar-refractivity contribution in [2.75, 3.05) is 4.90 Å². The van der Waals surface area contributed by atoms with Gasteiger partial charge in [0, 0.05) is 58.3 Å². The maximum atomic E-state index is 2.50. The number of thiophene rings is 2. The Kier molecular flexibility index (Phi) is 8.01. The van der Waals surface area contributed by atoms with Gasteiger partial charge < -0.3 is 4.90 Å². The monoisotopic (exact) mass is 749 g/mol. The summed E-state index contributed by atoms with van der Waals surface area (Å²) in [6, 6.07) is 73.7. The highest BCUT2D eigenvalue weighted by molar-refractivity contribution is 7.26. The molecular weight excluding hydrogens is 715 g/mol. The van der Waals surface area contributed by atoms with Crippen molar-refractivity contribution < 1.29 is 0 Å². The molecule has 0 fully saturated rings. The van der Waals surface area contributed by atoms with E-state index >= 15 is 0 Å². The fraction of sp³-hybridized carbons (Fsp3) is 0.0189. The first kappa shape index (κ1) is 32.9. The van der Waals surface area contributed by atoms with Gasteiger partial charge in [0.05, 0.1) is 0 Å². The van der Waals surface area contributed by atoms with Crippen molar-refractivity contribution in [2.24, 2.45) is 0 Å². The summed E-state index contributed by atoms with van der Waals surface area (Å²) in [7, 11) is 0. The third kappa shape index (κ3) is 5.67. The fourth-order valence-electron chi connectivity index (χ4n) is 8.46. The molecule has 3 heteroatoms. The zero-order chi connectivity index (χ0) is 37.0. The van der Waals surface area contributed by atoms with Crippen molar-refractivity contribution in [3.05, 3.63) is 206 Å². The van der Waals surface area contributed by atoms with Crippen LogP contribution in [0.2, 0.25) is 0 Å². The van der Waals surface area contributed by atoms with Gasteiger partial charge in [-0.05, 0) is 98.2 Å².